The number of rotatable bonds is 19. The van der Waals surface area contributed by atoms with Crippen molar-refractivity contribution in [1.29, 1.82) is 0 Å². The summed E-state index contributed by atoms with van der Waals surface area (Å²) in [5, 5.41) is 75.6. The van der Waals surface area contributed by atoms with Gasteiger partial charge < -0.3 is 89.7 Å². The fraction of sp³-hybridized carbons (Fsp3) is 0.846. The van der Waals surface area contributed by atoms with E-state index in [9.17, 15) is 64.4 Å². The predicted molar refractivity (Wildman–Crippen MR) is 160 cm³/mol. The molecule has 12 N–H and O–H groups in total. The van der Waals surface area contributed by atoms with Crippen LogP contribution in [0.2, 0.25) is 0 Å². The van der Waals surface area contributed by atoms with Crippen molar-refractivity contribution in [1.82, 2.24) is 10.8 Å². The number of carbonyl (C=O) groups excluding carboxylic acids is 4. The lowest BCUT2D eigenvalue weighted by atomic mass is 9.83. The lowest BCUT2D eigenvalue weighted by Gasteiger charge is -2.50. The van der Waals surface area contributed by atoms with Crippen LogP contribution in [0.1, 0.15) is 13.8 Å². The first kappa shape index (κ1) is 44.8. The van der Waals surface area contributed by atoms with Crippen LogP contribution in [0, 0.1) is 0 Å². The number of amides is 2. The fourth-order valence-electron chi connectivity index (χ4n) is 5.54. The number of hydroxylamine groups is 1. The van der Waals surface area contributed by atoms with Crippen LogP contribution in [-0.4, -0.2) is 190 Å². The molecule has 53 heavy (non-hydrogen) atoms. The summed E-state index contributed by atoms with van der Waals surface area (Å²) in [7, 11) is -4.33. The zero-order chi connectivity index (χ0) is 39.8. The zero-order valence-corrected chi connectivity index (χ0v) is 29.1. The third-order valence-electron chi connectivity index (χ3n) is 8.25. The van der Waals surface area contributed by atoms with Crippen LogP contribution in [0.15, 0.2) is 0 Å². The van der Waals surface area contributed by atoms with E-state index in [4.69, 9.17) is 43.2 Å². The normalized spacial score (nSPS) is 40.7. The average Bonchev–Trinajstić information content (AvgIpc) is 3.09. The molecule has 3 saturated heterocycles. The maximum Gasteiger partial charge on any atom is 0.474 e. The van der Waals surface area contributed by atoms with E-state index in [0.29, 0.717) is 0 Å². The molecule has 3 rings (SSSR count). The highest BCUT2D eigenvalue weighted by Crippen LogP contribution is 2.48. The molecule has 3 aliphatic heterocycles. The monoisotopic (exact) mass is 797 g/mol. The molecular weight excluding hydrogens is 753 g/mol. The third-order valence-corrected chi connectivity index (χ3v) is 9.19. The van der Waals surface area contributed by atoms with Crippen molar-refractivity contribution in [3.8, 4) is 0 Å². The number of aliphatic hydroxyl groups excluding tert-OH is 6. The van der Waals surface area contributed by atoms with Gasteiger partial charge in [-0.15, -0.1) is 5.48 Å². The van der Waals surface area contributed by atoms with Crippen LogP contribution in [0.5, 0.6) is 0 Å². The quantitative estimate of drug-likeness (QED) is 0.0250. The average molecular weight is 798 g/mol. The minimum Gasteiger partial charge on any atom is -0.435 e. The topological polar surface area (TPSA) is 390 Å². The van der Waals surface area contributed by atoms with Gasteiger partial charge in [0.25, 0.3) is 6.47 Å². The van der Waals surface area contributed by atoms with Gasteiger partial charge in [-0.1, -0.05) is 0 Å². The van der Waals surface area contributed by atoms with Crippen molar-refractivity contribution in [2.24, 2.45) is 5.73 Å². The van der Waals surface area contributed by atoms with Gasteiger partial charge in [0.05, 0.1) is 13.2 Å². The highest BCUT2D eigenvalue weighted by atomic mass is 31.2. The zero-order valence-electron chi connectivity index (χ0n) is 28.2. The third kappa shape index (κ3) is 11.0. The molecule has 0 radical (unpaired) electrons. The fourth-order valence-corrected chi connectivity index (χ4v) is 6.34. The molecule has 3 fully saturated rings. The van der Waals surface area contributed by atoms with E-state index in [1.165, 1.54) is 0 Å². The SMILES string of the molecule is CO[C@H](COP(=O)(O)OC1OC(C(N)=O)C(C)(O)C(NOC=O)C1OC1OC(COC2OC(CO)C(O)C(O)C2O)C(O)C(O)C1NC(C)=O)OC=O. The van der Waals surface area contributed by atoms with Crippen LogP contribution in [0.25, 0.3) is 0 Å². The molecule has 0 bridgehead atoms. The maximum absolute atomic E-state index is 13.0. The van der Waals surface area contributed by atoms with Gasteiger partial charge in [0, 0.05) is 14.0 Å². The summed E-state index contributed by atoms with van der Waals surface area (Å²) in [6.45, 7) is -0.785. The van der Waals surface area contributed by atoms with E-state index < -0.39 is 137 Å². The van der Waals surface area contributed by atoms with E-state index in [-0.39, 0.29) is 12.9 Å². The standard InChI is InChI=1S/C26H44N3O23P/c1-9(33)28-13-16(36)15(35)11(5-44-24-18(38)17(37)14(34)10(4-30)48-24)49-23(13)50-19-20(29-46-8-32)26(2,40)21(22(27)39)51-25(19)52-53(41,42)47-6-12(43-3)45-7-31/h7-8,10-21,23-25,29-30,34-38,40H,4-6H2,1-3H3,(H2,27,39)(H,28,33)(H,41,42)/t10?,11?,12-,13?,14?,15?,16?,17?,18?,19?,20?,21?,23?,24?,25?,26?/m0/s1. The maximum atomic E-state index is 13.0. The molecule has 0 aromatic rings. The Bertz CT molecular complexity index is 1280. The van der Waals surface area contributed by atoms with Gasteiger partial charge in [-0.3, -0.25) is 28.2 Å². The molecule has 17 atom stereocenters. The molecule has 27 heteroatoms. The van der Waals surface area contributed by atoms with Gasteiger partial charge in [-0.2, -0.15) is 0 Å². The summed E-state index contributed by atoms with van der Waals surface area (Å²) in [5.74, 6) is -2.19. The van der Waals surface area contributed by atoms with Gasteiger partial charge in [0.2, 0.25) is 18.1 Å². The van der Waals surface area contributed by atoms with E-state index >= 15 is 0 Å². The molecule has 0 aliphatic carbocycles. The largest absolute Gasteiger partial charge is 0.474 e. The summed E-state index contributed by atoms with van der Waals surface area (Å²) in [4.78, 5) is 61.5. The summed E-state index contributed by atoms with van der Waals surface area (Å²) < 4.78 is 60.1. The number of aliphatic hydroxyl groups is 7. The van der Waals surface area contributed by atoms with Crippen molar-refractivity contribution in [3.05, 3.63) is 0 Å². The number of carbonyl (C=O) groups is 4. The smallest absolute Gasteiger partial charge is 0.435 e. The number of hydrogen-bond donors (Lipinski definition) is 11. The van der Waals surface area contributed by atoms with Gasteiger partial charge in [0.1, 0.15) is 73.1 Å². The van der Waals surface area contributed by atoms with Crippen LogP contribution >= 0.6 is 7.82 Å². The second-order valence-corrected chi connectivity index (χ2v) is 13.4. The Morgan fingerprint density at radius 3 is 2.17 bits per heavy atom. The minimum absolute atomic E-state index is 0.0547. The number of phosphoric acid groups is 1. The highest BCUT2D eigenvalue weighted by molar-refractivity contribution is 7.47. The molecule has 0 spiro atoms. The molecule has 26 nitrogen and oxygen atoms in total. The van der Waals surface area contributed by atoms with E-state index in [1.807, 2.05) is 0 Å². The Balaban J connectivity index is 1.98. The van der Waals surface area contributed by atoms with Crippen molar-refractivity contribution < 1.29 is 111 Å². The van der Waals surface area contributed by atoms with Crippen LogP contribution in [0.4, 0.5) is 0 Å². The summed E-state index contributed by atoms with van der Waals surface area (Å²) >= 11 is 0. The van der Waals surface area contributed by atoms with E-state index in [1.54, 1.807) is 0 Å². The molecule has 0 aromatic heterocycles. The van der Waals surface area contributed by atoms with Crippen molar-refractivity contribution in [3.63, 3.8) is 0 Å². The highest BCUT2D eigenvalue weighted by Gasteiger charge is 2.60. The summed E-state index contributed by atoms with van der Waals surface area (Å²) in [6.07, 6.45) is -24.2. The predicted octanol–water partition coefficient (Wildman–Crippen LogP) is -7.57. The first-order chi connectivity index (χ1) is 24.8. The first-order valence-corrected chi connectivity index (χ1v) is 17.0. The Kier molecular flexibility index (Phi) is 16.4. The van der Waals surface area contributed by atoms with Crippen molar-refractivity contribution in [2.75, 3.05) is 26.9 Å². The van der Waals surface area contributed by atoms with Gasteiger partial charge in [-0.05, 0) is 6.92 Å². The van der Waals surface area contributed by atoms with Crippen LogP contribution < -0.4 is 16.5 Å². The molecule has 2 amide bonds. The molecule has 3 aliphatic rings. The number of nitrogens with one attached hydrogen (secondary N) is 2. The van der Waals surface area contributed by atoms with Crippen LogP contribution in [0.3, 0.4) is 0 Å². The minimum atomic E-state index is -5.38. The number of nitrogens with two attached hydrogens (primary N) is 1. The molecule has 0 aromatic carbocycles. The number of hydrogen-bond acceptors (Lipinski definition) is 23. The Labute approximate surface area is 299 Å². The number of primary amides is 1. The van der Waals surface area contributed by atoms with Crippen molar-refractivity contribution in [2.45, 2.75) is 112 Å². The molecular formula is C26H44N3O23P. The lowest BCUT2D eigenvalue weighted by molar-refractivity contribution is -0.349. The van der Waals surface area contributed by atoms with Crippen molar-refractivity contribution >= 4 is 32.6 Å². The summed E-state index contributed by atoms with van der Waals surface area (Å²) in [6, 6.07) is -3.65. The summed E-state index contributed by atoms with van der Waals surface area (Å²) in [5.41, 5.74) is 4.92. The van der Waals surface area contributed by atoms with Crippen LogP contribution in [-0.2, 0) is 70.8 Å². The Hall–Kier alpha value is -2.57. The molecule has 0 saturated carbocycles. The second kappa shape index (κ2) is 19.3. The van der Waals surface area contributed by atoms with Gasteiger partial charge >= 0.3 is 14.3 Å². The second-order valence-electron chi connectivity index (χ2n) is 12.0. The molecule has 3 heterocycles. The number of methoxy groups -OCH3 is 1. The molecule has 306 valence electrons. The van der Waals surface area contributed by atoms with Gasteiger partial charge in [-0.25, -0.2) is 4.57 Å². The Morgan fingerprint density at radius 1 is 0.962 bits per heavy atom. The van der Waals surface area contributed by atoms with E-state index in [2.05, 4.69) is 20.4 Å². The lowest BCUT2D eigenvalue weighted by Crippen LogP contribution is -2.74. The van der Waals surface area contributed by atoms with Gasteiger partial charge in [0.15, 0.2) is 25.0 Å². The molecule has 16 unspecified atom stereocenters. The Morgan fingerprint density at radius 2 is 1.60 bits per heavy atom. The first-order valence-electron chi connectivity index (χ1n) is 15.5. The number of ether oxygens (including phenoxy) is 7. The number of phosphoric ester groups is 1. The van der Waals surface area contributed by atoms with E-state index in [0.717, 1.165) is 21.0 Å².